The van der Waals surface area contributed by atoms with Gasteiger partial charge in [-0.3, -0.25) is 34.3 Å². The van der Waals surface area contributed by atoms with E-state index in [2.05, 4.69) is 53.7 Å². The highest BCUT2D eigenvalue weighted by Crippen LogP contribution is 2.46. The Bertz CT molecular complexity index is 2150. The highest BCUT2D eigenvalue weighted by atomic mass is 35.5. The Labute approximate surface area is 343 Å². The van der Waals surface area contributed by atoms with Gasteiger partial charge in [-0.15, -0.1) is 10.2 Å². The van der Waals surface area contributed by atoms with Gasteiger partial charge in [0.25, 0.3) is 11.8 Å². The molecule has 0 aliphatic carbocycles. The topological polar surface area (TPSA) is 130 Å². The van der Waals surface area contributed by atoms with Crippen molar-refractivity contribution in [2.75, 3.05) is 85.0 Å². The summed E-state index contributed by atoms with van der Waals surface area (Å²) in [5.41, 5.74) is 3.40. The standard InChI is InChI=1S/C43H49ClN10O4/c1-28-25-43(27-53(28)31-4-6-35(45-2)34(44)24-31)13-17-52(18-14-43)38-9-8-37(47-48-38)51-15-11-29(12-16-51)26-49-19-21-50(22-20-49)30-3-5-32-33(23-30)42(58)54(41(32)57)36-7-10-39(55)46-40(36)56/h3-6,8-9,23-24,28-29,36H,7,10-22,25-27H2,1H3,(H,46,55,56)/t28-,36?/m0/s1. The van der Waals surface area contributed by atoms with Crippen molar-refractivity contribution in [1.29, 1.82) is 0 Å². The molecule has 58 heavy (non-hydrogen) atoms. The number of fused-ring (bicyclic) bond motifs is 1. The lowest BCUT2D eigenvalue weighted by Gasteiger charge is -2.40. The van der Waals surface area contributed by atoms with Crippen LogP contribution in [-0.2, 0) is 9.59 Å². The van der Waals surface area contributed by atoms with Gasteiger partial charge in [0.15, 0.2) is 11.6 Å². The van der Waals surface area contributed by atoms with Crippen molar-refractivity contribution in [2.45, 2.75) is 64.0 Å². The van der Waals surface area contributed by atoms with Crippen molar-refractivity contribution in [3.05, 3.63) is 76.1 Å². The van der Waals surface area contributed by atoms with E-state index in [0.717, 1.165) is 125 Å². The summed E-state index contributed by atoms with van der Waals surface area (Å²) < 4.78 is 0. The molecule has 15 heteroatoms. The Morgan fingerprint density at radius 2 is 1.47 bits per heavy atom. The number of benzene rings is 2. The van der Waals surface area contributed by atoms with Crippen molar-refractivity contribution in [3.63, 3.8) is 0 Å². The number of nitrogens with one attached hydrogen (secondary N) is 1. The van der Waals surface area contributed by atoms with Crippen molar-refractivity contribution in [1.82, 2.24) is 25.3 Å². The Morgan fingerprint density at radius 3 is 2.12 bits per heavy atom. The fourth-order valence-corrected chi connectivity index (χ4v) is 10.4. The number of piperazine rings is 1. The molecule has 5 fully saturated rings. The number of aromatic nitrogens is 2. The highest BCUT2D eigenvalue weighted by molar-refractivity contribution is 6.33. The number of nitrogens with zero attached hydrogens (tertiary/aromatic N) is 9. The molecule has 2 aromatic carbocycles. The Balaban J connectivity index is 0.721. The molecular formula is C43H49ClN10O4. The van der Waals surface area contributed by atoms with Gasteiger partial charge < -0.3 is 19.6 Å². The van der Waals surface area contributed by atoms with E-state index in [9.17, 15) is 19.2 Å². The molecule has 7 heterocycles. The first kappa shape index (κ1) is 38.3. The normalized spacial score (nSPS) is 24.1. The summed E-state index contributed by atoms with van der Waals surface area (Å²) in [5, 5.41) is 12.2. The highest BCUT2D eigenvalue weighted by Gasteiger charge is 2.46. The second-order valence-corrected chi connectivity index (χ2v) is 17.5. The van der Waals surface area contributed by atoms with Gasteiger partial charge in [-0.2, -0.15) is 0 Å². The van der Waals surface area contributed by atoms with E-state index in [1.807, 2.05) is 24.3 Å². The number of anilines is 4. The number of piperidine rings is 3. The third-order valence-corrected chi connectivity index (χ3v) is 13.9. The molecule has 1 aromatic heterocycles. The number of carbonyl (C=O) groups excluding carboxylic acids is 4. The van der Waals surface area contributed by atoms with Crippen LogP contribution in [-0.4, -0.2) is 121 Å². The van der Waals surface area contributed by atoms with Crippen LogP contribution in [0.1, 0.15) is 72.6 Å². The lowest BCUT2D eigenvalue weighted by atomic mass is 9.77. The zero-order valence-corrected chi connectivity index (χ0v) is 33.7. The van der Waals surface area contributed by atoms with Crippen molar-refractivity contribution >= 4 is 63.9 Å². The number of halogens is 1. The molecule has 6 aliphatic rings. The molecule has 9 rings (SSSR count). The number of carbonyl (C=O) groups is 4. The van der Waals surface area contributed by atoms with Gasteiger partial charge in [-0.25, -0.2) is 4.85 Å². The van der Waals surface area contributed by atoms with Crippen LogP contribution in [0.15, 0.2) is 48.5 Å². The summed E-state index contributed by atoms with van der Waals surface area (Å²) in [6.07, 6.45) is 5.83. The second-order valence-electron chi connectivity index (χ2n) is 17.1. The molecule has 0 radical (unpaired) electrons. The molecule has 4 amide bonds. The minimum Gasteiger partial charge on any atom is -0.369 e. The molecule has 14 nitrogen and oxygen atoms in total. The molecule has 1 N–H and O–H groups in total. The van der Waals surface area contributed by atoms with Crippen LogP contribution < -0.4 is 24.9 Å². The van der Waals surface area contributed by atoms with Crippen LogP contribution in [0.25, 0.3) is 4.85 Å². The lowest BCUT2D eigenvalue weighted by molar-refractivity contribution is -0.136. The van der Waals surface area contributed by atoms with Gasteiger partial charge in [0.2, 0.25) is 17.5 Å². The molecule has 5 saturated heterocycles. The predicted octanol–water partition coefficient (Wildman–Crippen LogP) is 5.01. The fourth-order valence-electron chi connectivity index (χ4n) is 10.2. The van der Waals surface area contributed by atoms with Crippen LogP contribution in [0.4, 0.5) is 28.7 Å². The summed E-state index contributed by atoms with van der Waals surface area (Å²) in [7, 11) is 0. The van der Waals surface area contributed by atoms with Crippen molar-refractivity contribution in [3.8, 4) is 0 Å². The summed E-state index contributed by atoms with van der Waals surface area (Å²) in [6.45, 7) is 19.0. The number of amides is 4. The SMILES string of the molecule is [C-]#[N+]c1ccc(N2CC3(CCN(c4ccc(N5CCC(CN6CCN(c7ccc8c(c7)C(=O)N(C7CCC(=O)NC7=O)C8=O)CC6)CC5)nn4)CC3)C[C@@H]2C)cc1Cl. The summed E-state index contributed by atoms with van der Waals surface area (Å²) in [5.74, 6) is 0.577. The van der Waals surface area contributed by atoms with Gasteiger partial charge >= 0.3 is 0 Å². The van der Waals surface area contributed by atoms with E-state index >= 15 is 0 Å². The smallest absolute Gasteiger partial charge is 0.262 e. The minimum absolute atomic E-state index is 0.101. The zero-order valence-electron chi connectivity index (χ0n) is 32.9. The van der Waals surface area contributed by atoms with Gasteiger partial charge in [0.05, 0.1) is 17.7 Å². The summed E-state index contributed by atoms with van der Waals surface area (Å²) >= 11 is 6.39. The lowest BCUT2D eigenvalue weighted by Crippen LogP contribution is -2.54. The molecule has 0 bridgehead atoms. The number of imide groups is 2. The van der Waals surface area contributed by atoms with E-state index < -0.39 is 23.8 Å². The molecule has 302 valence electrons. The van der Waals surface area contributed by atoms with E-state index in [1.165, 1.54) is 0 Å². The monoisotopic (exact) mass is 804 g/mol. The largest absolute Gasteiger partial charge is 0.369 e. The Hall–Kier alpha value is -5.26. The first-order valence-electron chi connectivity index (χ1n) is 20.7. The first-order chi connectivity index (χ1) is 28.1. The first-order valence-corrected chi connectivity index (χ1v) is 21.1. The Morgan fingerprint density at radius 1 is 0.793 bits per heavy atom. The molecular weight excluding hydrogens is 756 g/mol. The molecule has 1 unspecified atom stereocenters. The van der Waals surface area contributed by atoms with E-state index in [4.69, 9.17) is 28.4 Å². The summed E-state index contributed by atoms with van der Waals surface area (Å²) in [4.78, 5) is 67.1. The van der Waals surface area contributed by atoms with E-state index in [0.29, 0.717) is 33.8 Å². The quantitative estimate of drug-likeness (QED) is 0.256. The molecule has 0 saturated carbocycles. The maximum atomic E-state index is 13.3. The van der Waals surface area contributed by atoms with E-state index in [-0.39, 0.29) is 24.2 Å². The van der Waals surface area contributed by atoms with Crippen LogP contribution in [0.5, 0.6) is 0 Å². The maximum absolute atomic E-state index is 13.3. The average Bonchev–Trinajstić information content (AvgIpc) is 3.69. The van der Waals surface area contributed by atoms with Crippen LogP contribution in [0, 0.1) is 17.9 Å². The van der Waals surface area contributed by atoms with Gasteiger partial charge in [-0.05, 0) is 99.2 Å². The molecule has 1 spiro atoms. The summed E-state index contributed by atoms with van der Waals surface area (Å²) in [6, 6.07) is 14.9. The van der Waals surface area contributed by atoms with Crippen molar-refractivity contribution in [2.24, 2.45) is 11.3 Å². The minimum atomic E-state index is -0.962. The van der Waals surface area contributed by atoms with Crippen molar-refractivity contribution < 1.29 is 19.2 Å². The third-order valence-electron chi connectivity index (χ3n) is 13.5. The van der Waals surface area contributed by atoms with Crippen LogP contribution in [0.2, 0.25) is 5.02 Å². The number of rotatable bonds is 7. The third kappa shape index (κ3) is 7.23. The van der Waals surface area contributed by atoms with Crippen LogP contribution in [0.3, 0.4) is 0 Å². The Kier molecular flexibility index (Phi) is 10.2. The van der Waals surface area contributed by atoms with Gasteiger partial charge in [0.1, 0.15) is 6.04 Å². The zero-order chi connectivity index (χ0) is 40.1. The number of hydrogen-bond acceptors (Lipinski definition) is 11. The maximum Gasteiger partial charge on any atom is 0.262 e. The second kappa shape index (κ2) is 15.5. The fraction of sp³-hybridized carbons (Fsp3) is 0.512. The molecule has 3 aromatic rings. The predicted molar refractivity (Wildman–Crippen MR) is 222 cm³/mol. The van der Waals surface area contributed by atoms with Gasteiger partial charge in [-0.1, -0.05) is 17.7 Å². The molecule has 6 aliphatic heterocycles. The van der Waals surface area contributed by atoms with E-state index in [1.54, 1.807) is 12.1 Å². The number of hydrogen-bond donors (Lipinski definition) is 1. The van der Waals surface area contributed by atoms with Crippen LogP contribution >= 0.6 is 11.6 Å². The molecule has 2 atom stereocenters. The average molecular weight is 805 g/mol. The van der Waals surface area contributed by atoms with Gasteiger partial charge in [0, 0.05) is 94.3 Å².